The standard InChI is InChI=1S/C14H24N2O2/c1-3-9-16-10-8-15-13(16)11-12(17)14(18-2)6-4-5-7-14/h8,10,12,17H,3-7,9,11H2,1-2H3. The van der Waals surface area contributed by atoms with Crippen LogP contribution >= 0.6 is 0 Å². The molecule has 4 heteroatoms. The van der Waals surface area contributed by atoms with Crippen molar-refractivity contribution in [1.29, 1.82) is 0 Å². The van der Waals surface area contributed by atoms with Crippen molar-refractivity contribution in [2.75, 3.05) is 7.11 Å². The van der Waals surface area contributed by atoms with Crippen molar-refractivity contribution in [2.45, 2.75) is 63.7 Å². The lowest BCUT2D eigenvalue weighted by Gasteiger charge is -2.32. The number of rotatable bonds is 6. The molecular formula is C14H24N2O2. The van der Waals surface area contributed by atoms with E-state index in [1.807, 2.05) is 12.4 Å². The fourth-order valence-corrected chi connectivity index (χ4v) is 2.98. The minimum Gasteiger partial charge on any atom is -0.390 e. The number of methoxy groups -OCH3 is 1. The summed E-state index contributed by atoms with van der Waals surface area (Å²) in [6.07, 6.45) is 9.21. The van der Waals surface area contributed by atoms with Gasteiger partial charge in [-0.25, -0.2) is 4.98 Å². The molecule has 1 aliphatic rings. The van der Waals surface area contributed by atoms with Gasteiger partial charge in [0.25, 0.3) is 0 Å². The Morgan fingerprint density at radius 3 is 2.83 bits per heavy atom. The number of nitrogens with zero attached hydrogens (tertiary/aromatic N) is 2. The number of imidazole rings is 1. The zero-order valence-corrected chi connectivity index (χ0v) is 11.4. The van der Waals surface area contributed by atoms with Crippen molar-refractivity contribution >= 4 is 0 Å². The van der Waals surface area contributed by atoms with E-state index in [-0.39, 0.29) is 5.60 Å². The van der Waals surface area contributed by atoms with Gasteiger partial charge in [0.05, 0.1) is 11.7 Å². The van der Waals surface area contributed by atoms with E-state index in [1.54, 1.807) is 7.11 Å². The van der Waals surface area contributed by atoms with Crippen LogP contribution in [-0.4, -0.2) is 33.5 Å². The normalized spacial score (nSPS) is 20.2. The number of hydrogen-bond acceptors (Lipinski definition) is 3. The van der Waals surface area contributed by atoms with E-state index in [9.17, 15) is 5.11 Å². The smallest absolute Gasteiger partial charge is 0.111 e. The lowest BCUT2D eigenvalue weighted by molar-refractivity contribution is -0.0979. The topological polar surface area (TPSA) is 47.3 Å². The van der Waals surface area contributed by atoms with Crippen molar-refractivity contribution in [2.24, 2.45) is 0 Å². The number of aryl methyl sites for hydroxylation is 1. The van der Waals surface area contributed by atoms with Crippen LogP contribution in [-0.2, 0) is 17.7 Å². The molecule has 2 rings (SSSR count). The summed E-state index contributed by atoms with van der Waals surface area (Å²) in [7, 11) is 1.72. The molecule has 18 heavy (non-hydrogen) atoms. The maximum atomic E-state index is 10.5. The van der Waals surface area contributed by atoms with E-state index in [4.69, 9.17) is 4.74 Å². The summed E-state index contributed by atoms with van der Waals surface area (Å²) in [6.45, 7) is 3.11. The molecule has 1 aliphatic carbocycles. The summed E-state index contributed by atoms with van der Waals surface area (Å²) in [6, 6.07) is 0. The van der Waals surface area contributed by atoms with E-state index in [0.717, 1.165) is 44.5 Å². The SMILES string of the molecule is CCCn1ccnc1CC(O)C1(OC)CCCC1. The highest BCUT2D eigenvalue weighted by Gasteiger charge is 2.41. The Hall–Kier alpha value is -0.870. The zero-order valence-electron chi connectivity index (χ0n) is 11.4. The fourth-order valence-electron chi connectivity index (χ4n) is 2.98. The van der Waals surface area contributed by atoms with Crippen LogP contribution in [0.2, 0.25) is 0 Å². The molecule has 1 aromatic heterocycles. The molecule has 102 valence electrons. The molecule has 0 aliphatic heterocycles. The Kier molecular flexibility index (Phi) is 4.40. The highest BCUT2D eigenvalue weighted by atomic mass is 16.5. The van der Waals surface area contributed by atoms with Crippen LogP contribution in [0.25, 0.3) is 0 Å². The molecule has 1 N–H and O–H groups in total. The van der Waals surface area contributed by atoms with Gasteiger partial charge in [0.15, 0.2) is 0 Å². The predicted molar refractivity (Wildman–Crippen MR) is 70.4 cm³/mol. The number of hydrogen-bond donors (Lipinski definition) is 1. The molecule has 1 fully saturated rings. The third-order valence-corrected chi connectivity index (χ3v) is 4.11. The number of aliphatic hydroxyl groups excluding tert-OH is 1. The lowest BCUT2D eigenvalue weighted by Crippen LogP contribution is -2.43. The number of aliphatic hydroxyl groups is 1. The van der Waals surface area contributed by atoms with Crippen LogP contribution in [0, 0.1) is 0 Å². The summed E-state index contributed by atoms with van der Waals surface area (Å²) in [4.78, 5) is 4.36. The van der Waals surface area contributed by atoms with E-state index < -0.39 is 6.10 Å². The van der Waals surface area contributed by atoms with Crippen LogP contribution in [0.1, 0.15) is 44.9 Å². The second-order valence-corrected chi connectivity index (χ2v) is 5.23. The van der Waals surface area contributed by atoms with Crippen molar-refractivity contribution in [3.8, 4) is 0 Å². The zero-order chi connectivity index (χ0) is 13.0. The van der Waals surface area contributed by atoms with Gasteiger partial charge in [0, 0.05) is 32.5 Å². The van der Waals surface area contributed by atoms with Gasteiger partial charge in [-0.05, 0) is 19.3 Å². The summed E-state index contributed by atoms with van der Waals surface area (Å²) in [5, 5.41) is 10.5. The van der Waals surface area contributed by atoms with Crippen LogP contribution in [0.3, 0.4) is 0 Å². The monoisotopic (exact) mass is 252 g/mol. The maximum absolute atomic E-state index is 10.5. The van der Waals surface area contributed by atoms with Gasteiger partial charge in [-0.15, -0.1) is 0 Å². The van der Waals surface area contributed by atoms with Crippen LogP contribution < -0.4 is 0 Å². The van der Waals surface area contributed by atoms with Gasteiger partial charge in [0.2, 0.25) is 0 Å². The first kappa shape index (κ1) is 13.6. The Morgan fingerprint density at radius 2 is 2.22 bits per heavy atom. The van der Waals surface area contributed by atoms with Gasteiger partial charge in [-0.1, -0.05) is 19.8 Å². The van der Waals surface area contributed by atoms with Gasteiger partial charge >= 0.3 is 0 Å². The van der Waals surface area contributed by atoms with E-state index >= 15 is 0 Å². The molecule has 4 nitrogen and oxygen atoms in total. The number of ether oxygens (including phenoxy) is 1. The molecule has 1 saturated carbocycles. The molecule has 0 aromatic carbocycles. The van der Waals surface area contributed by atoms with Crippen LogP contribution in [0.5, 0.6) is 0 Å². The maximum Gasteiger partial charge on any atom is 0.111 e. The Labute approximate surface area is 109 Å². The van der Waals surface area contributed by atoms with Gasteiger partial charge < -0.3 is 14.4 Å². The summed E-state index contributed by atoms with van der Waals surface area (Å²) in [5.41, 5.74) is -0.344. The average Bonchev–Trinajstić information content (AvgIpc) is 3.00. The van der Waals surface area contributed by atoms with Gasteiger partial charge in [-0.2, -0.15) is 0 Å². The van der Waals surface area contributed by atoms with Crippen molar-refractivity contribution in [3.63, 3.8) is 0 Å². The third-order valence-electron chi connectivity index (χ3n) is 4.11. The molecule has 0 bridgehead atoms. The minimum atomic E-state index is -0.456. The molecule has 0 radical (unpaired) electrons. The van der Waals surface area contributed by atoms with E-state index in [0.29, 0.717) is 6.42 Å². The highest BCUT2D eigenvalue weighted by Crippen LogP contribution is 2.36. The summed E-state index contributed by atoms with van der Waals surface area (Å²) < 4.78 is 7.75. The van der Waals surface area contributed by atoms with Crippen molar-refractivity contribution in [1.82, 2.24) is 9.55 Å². The first-order valence-corrected chi connectivity index (χ1v) is 6.95. The second kappa shape index (κ2) is 5.85. The molecule has 1 unspecified atom stereocenters. The second-order valence-electron chi connectivity index (χ2n) is 5.23. The Bertz CT molecular complexity index is 370. The highest BCUT2D eigenvalue weighted by molar-refractivity contribution is 5.01. The Balaban J connectivity index is 2.05. The van der Waals surface area contributed by atoms with Gasteiger partial charge in [0.1, 0.15) is 5.82 Å². The van der Waals surface area contributed by atoms with Crippen molar-refractivity contribution in [3.05, 3.63) is 18.2 Å². The number of aromatic nitrogens is 2. The summed E-state index contributed by atoms with van der Waals surface area (Å²) >= 11 is 0. The molecule has 1 atom stereocenters. The van der Waals surface area contributed by atoms with Crippen LogP contribution in [0.4, 0.5) is 0 Å². The fraction of sp³-hybridized carbons (Fsp3) is 0.786. The largest absolute Gasteiger partial charge is 0.390 e. The quantitative estimate of drug-likeness (QED) is 0.844. The molecule has 0 spiro atoms. The lowest BCUT2D eigenvalue weighted by atomic mass is 9.92. The van der Waals surface area contributed by atoms with E-state index in [2.05, 4.69) is 16.5 Å². The molecule has 1 heterocycles. The van der Waals surface area contributed by atoms with Crippen molar-refractivity contribution < 1.29 is 9.84 Å². The molecular weight excluding hydrogens is 228 g/mol. The molecule has 1 aromatic rings. The first-order valence-electron chi connectivity index (χ1n) is 6.95. The third kappa shape index (κ3) is 2.59. The van der Waals surface area contributed by atoms with Gasteiger partial charge in [-0.3, -0.25) is 0 Å². The summed E-state index contributed by atoms with van der Waals surface area (Å²) in [5.74, 6) is 0.965. The Morgan fingerprint density at radius 1 is 1.50 bits per heavy atom. The first-order chi connectivity index (χ1) is 8.72. The van der Waals surface area contributed by atoms with Crippen LogP contribution in [0.15, 0.2) is 12.4 Å². The van der Waals surface area contributed by atoms with E-state index in [1.165, 1.54) is 0 Å². The molecule has 0 amide bonds. The average molecular weight is 252 g/mol. The molecule has 0 saturated heterocycles. The predicted octanol–water partition coefficient (Wildman–Crippen LogP) is 2.16. The minimum absolute atomic E-state index is 0.344.